The smallest absolute Gasteiger partial charge is 0.328 e. The lowest BCUT2D eigenvalue weighted by Gasteiger charge is -2.22. The predicted molar refractivity (Wildman–Crippen MR) is 133 cm³/mol. The fraction of sp³-hybridized carbons (Fsp3) is 0.138. The van der Waals surface area contributed by atoms with Gasteiger partial charge in [0, 0.05) is 12.1 Å². The van der Waals surface area contributed by atoms with Crippen molar-refractivity contribution < 1.29 is 18.8 Å². The van der Waals surface area contributed by atoms with Gasteiger partial charge in [0.1, 0.15) is 11.8 Å². The summed E-state index contributed by atoms with van der Waals surface area (Å²) < 4.78 is 5.25. The van der Waals surface area contributed by atoms with Crippen LogP contribution < -0.4 is 5.32 Å². The number of amides is 4. The van der Waals surface area contributed by atoms with Crippen LogP contribution in [-0.4, -0.2) is 27.6 Å². The van der Waals surface area contributed by atoms with E-state index >= 15 is 0 Å². The Balaban J connectivity index is 1.36. The van der Waals surface area contributed by atoms with E-state index in [1.807, 2.05) is 60.7 Å². The minimum absolute atomic E-state index is 0.0750. The molecule has 4 aromatic rings. The minimum Gasteiger partial charge on any atom is -0.467 e. The maximum absolute atomic E-state index is 13.5. The summed E-state index contributed by atoms with van der Waals surface area (Å²) in [6, 6.07) is 28.4. The number of hydrogen-bond acceptors (Lipinski definition) is 4. The third kappa shape index (κ3) is 4.90. The highest BCUT2D eigenvalue weighted by Crippen LogP contribution is 2.33. The van der Waals surface area contributed by atoms with E-state index in [2.05, 4.69) is 5.32 Å². The molecule has 1 aliphatic heterocycles. The largest absolute Gasteiger partial charge is 0.467 e. The number of furan rings is 1. The fourth-order valence-electron chi connectivity index (χ4n) is 4.36. The number of carbonyl (C=O) groups is 3. The Morgan fingerprint density at radius 2 is 1.53 bits per heavy atom. The lowest BCUT2D eigenvalue weighted by atomic mass is 10.0. The van der Waals surface area contributed by atoms with Crippen molar-refractivity contribution in [3.8, 4) is 0 Å². The second kappa shape index (κ2) is 10.3. The average molecular weight is 480 g/mol. The van der Waals surface area contributed by atoms with E-state index in [0.717, 1.165) is 11.1 Å². The van der Waals surface area contributed by atoms with Crippen LogP contribution in [0.2, 0.25) is 0 Å². The molecule has 1 aromatic heterocycles. The van der Waals surface area contributed by atoms with Gasteiger partial charge in [-0.15, -0.1) is 0 Å². The van der Waals surface area contributed by atoms with Gasteiger partial charge in [-0.2, -0.15) is 0 Å². The van der Waals surface area contributed by atoms with E-state index in [-0.39, 0.29) is 30.9 Å². The molecule has 5 rings (SSSR count). The van der Waals surface area contributed by atoms with Crippen LogP contribution in [0.4, 0.5) is 4.79 Å². The topological polar surface area (TPSA) is 82.9 Å². The molecule has 1 aliphatic rings. The Bertz CT molecular complexity index is 1350. The van der Waals surface area contributed by atoms with Crippen LogP contribution in [0, 0.1) is 0 Å². The van der Waals surface area contributed by atoms with Crippen molar-refractivity contribution in [1.82, 2.24) is 15.1 Å². The van der Waals surface area contributed by atoms with Crippen LogP contribution in [-0.2, 0) is 24.4 Å². The van der Waals surface area contributed by atoms with Crippen molar-refractivity contribution in [2.75, 3.05) is 0 Å². The average Bonchev–Trinajstić information content (AvgIpc) is 3.51. The van der Waals surface area contributed by atoms with Gasteiger partial charge >= 0.3 is 6.03 Å². The van der Waals surface area contributed by atoms with Crippen molar-refractivity contribution in [3.63, 3.8) is 0 Å². The summed E-state index contributed by atoms with van der Waals surface area (Å²) >= 11 is 0. The highest BCUT2D eigenvalue weighted by atomic mass is 16.3. The summed E-state index contributed by atoms with van der Waals surface area (Å²) in [7, 11) is 0. The van der Waals surface area contributed by atoms with Crippen molar-refractivity contribution in [2.24, 2.45) is 0 Å². The predicted octanol–water partition coefficient (Wildman–Crippen LogP) is 4.92. The van der Waals surface area contributed by atoms with Crippen molar-refractivity contribution in [2.45, 2.75) is 25.7 Å². The first-order valence-electron chi connectivity index (χ1n) is 11.7. The van der Waals surface area contributed by atoms with Gasteiger partial charge in [0.05, 0.1) is 19.4 Å². The van der Waals surface area contributed by atoms with Gasteiger partial charge in [-0.25, -0.2) is 4.79 Å². The molecule has 0 aliphatic carbocycles. The van der Waals surface area contributed by atoms with Crippen molar-refractivity contribution in [1.29, 1.82) is 0 Å². The van der Waals surface area contributed by atoms with E-state index in [4.69, 9.17) is 4.42 Å². The molecule has 2 heterocycles. The van der Waals surface area contributed by atoms with Crippen molar-refractivity contribution in [3.05, 3.63) is 131 Å². The molecule has 0 saturated carbocycles. The SMILES string of the molecule is O=C(NCc1ccco1)c1cccc(CN2C(=O)C(c3ccccc3)N(Cc3ccccc3)C2=O)c1. The molecule has 180 valence electrons. The van der Waals surface area contributed by atoms with E-state index in [1.165, 1.54) is 4.90 Å². The van der Waals surface area contributed by atoms with E-state index in [1.54, 1.807) is 47.6 Å². The molecule has 7 heteroatoms. The van der Waals surface area contributed by atoms with Crippen LogP contribution in [0.15, 0.2) is 108 Å². The van der Waals surface area contributed by atoms with Gasteiger partial charge in [-0.05, 0) is 41.0 Å². The first-order valence-corrected chi connectivity index (χ1v) is 11.7. The minimum atomic E-state index is -0.710. The molecule has 7 nitrogen and oxygen atoms in total. The Morgan fingerprint density at radius 1 is 0.806 bits per heavy atom. The third-order valence-electron chi connectivity index (χ3n) is 6.13. The van der Waals surface area contributed by atoms with Gasteiger partial charge in [0.25, 0.3) is 11.8 Å². The Labute approximate surface area is 208 Å². The summed E-state index contributed by atoms with van der Waals surface area (Å²) in [6.07, 6.45) is 1.55. The molecule has 4 amide bonds. The summed E-state index contributed by atoms with van der Waals surface area (Å²) in [4.78, 5) is 42.6. The lowest BCUT2D eigenvalue weighted by Crippen LogP contribution is -2.32. The third-order valence-corrected chi connectivity index (χ3v) is 6.13. The number of nitrogens with one attached hydrogen (secondary N) is 1. The van der Waals surface area contributed by atoms with Gasteiger partial charge in [-0.3, -0.25) is 14.5 Å². The maximum atomic E-state index is 13.5. The molecular weight excluding hydrogens is 454 g/mol. The van der Waals surface area contributed by atoms with E-state index in [9.17, 15) is 14.4 Å². The molecule has 0 radical (unpaired) electrons. The second-order valence-corrected chi connectivity index (χ2v) is 8.60. The Hall–Kier alpha value is -4.65. The number of nitrogens with zero attached hydrogens (tertiary/aromatic N) is 2. The molecule has 1 unspecified atom stereocenters. The molecule has 3 aromatic carbocycles. The fourth-order valence-corrected chi connectivity index (χ4v) is 4.36. The summed E-state index contributed by atoms with van der Waals surface area (Å²) in [5.41, 5.74) is 2.84. The molecular formula is C29H25N3O4. The summed E-state index contributed by atoms with van der Waals surface area (Å²) in [6.45, 7) is 0.661. The second-order valence-electron chi connectivity index (χ2n) is 8.60. The normalized spacial score (nSPS) is 15.4. The number of carbonyl (C=O) groups excluding carboxylic acids is 3. The molecule has 1 N–H and O–H groups in total. The zero-order valence-electron chi connectivity index (χ0n) is 19.5. The van der Waals surface area contributed by atoms with Crippen molar-refractivity contribution >= 4 is 17.8 Å². The number of imide groups is 1. The van der Waals surface area contributed by atoms with Gasteiger partial charge < -0.3 is 14.6 Å². The Morgan fingerprint density at radius 3 is 2.25 bits per heavy atom. The highest BCUT2D eigenvalue weighted by molar-refractivity contribution is 6.04. The molecule has 36 heavy (non-hydrogen) atoms. The zero-order valence-corrected chi connectivity index (χ0v) is 19.5. The zero-order chi connectivity index (χ0) is 24.9. The Kier molecular flexibility index (Phi) is 6.62. The van der Waals surface area contributed by atoms with E-state index in [0.29, 0.717) is 23.4 Å². The lowest BCUT2D eigenvalue weighted by molar-refractivity contribution is -0.128. The van der Waals surface area contributed by atoms with Crippen LogP contribution in [0.25, 0.3) is 0 Å². The first kappa shape index (κ1) is 23.1. The number of hydrogen-bond donors (Lipinski definition) is 1. The standard InChI is InChI=1S/C29H25N3O4/c33-27(30-18-25-15-8-16-36-25)24-14-7-11-22(17-24)20-32-28(34)26(23-12-5-2-6-13-23)31(29(32)35)19-21-9-3-1-4-10-21/h1-17,26H,18-20H2,(H,30,33). The summed E-state index contributed by atoms with van der Waals surface area (Å²) in [5.74, 6) is 0.105. The first-order chi connectivity index (χ1) is 17.6. The monoisotopic (exact) mass is 479 g/mol. The number of urea groups is 1. The number of benzene rings is 3. The van der Waals surface area contributed by atoms with Gasteiger partial charge in [0.2, 0.25) is 0 Å². The summed E-state index contributed by atoms with van der Waals surface area (Å²) in [5, 5.41) is 2.81. The maximum Gasteiger partial charge on any atom is 0.328 e. The molecule has 0 bridgehead atoms. The van der Waals surface area contributed by atoms with Gasteiger partial charge in [0.15, 0.2) is 0 Å². The van der Waals surface area contributed by atoms with Gasteiger partial charge in [-0.1, -0.05) is 72.8 Å². The quantitative estimate of drug-likeness (QED) is 0.364. The molecule has 1 saturated heterocycles. The van der Waals surface area contributed by atoms with Crippen LogP contribution in [0.3, 0.4) is 0 Å². The number of rotatable bonds is 8. The highest BCUT2D eigenvalue weighted by Gasteiger charge is 2.45. The molecule has 1 fully saturated rings. The van der Waals surface area contributed by atoms with Crippen LogP contribution in [0.1, 0.15) is 38.9 Å². The van der Waals surface area contributed by atoms with Crippen LogP contribution >= 0.6 is 0 Å². The van der Waals surface area contributed by atoms with Crippen LogP contribution in [0.5, 0.6) is 0 Å². The molecule has 1 atom stereocenters. The van der Waals surface area contributed by atoms with E-state index < -0.39 is 6.04 Å². The molecule has 0 spiro atoms.